The Bertz CT molecular complexity index is 693. The van der Waals surface area contributed by atoms with E-state index in [2.05, 4.69) is 33.4 Å². The molecule has 2 aromatic rings. The summed E-state index contributed by atoms with van der Waals surface area (Å²) in [6.45, 7) is 2.02. The SMILES string of the molecule is CC(Nc1cccc(Br)c1C#N)c1ccc(C#N)cc1. The first-order valence-electron chi connectivity index (χ1n) is 6.11. The molecule has 2 aromatic carbocycles. The Balaban J connectivity index is 2.24. The molecule has 0 aliphatic rings. The van der Waals surface area contributed by atoms with Gasteiger partial charge in [-0.05, 0) is 52.7 Å². The summed E-state index contributed by atoms with van der Waals surface area (Å²) >= 11 is 3.37. The Morgan fingerprint density at radius 2 is 1.75 bits per heavy atom. The second kappa shape index (κ2) is 6.23. The van der Waals surface area contributed by atoms with Gasteiger partial charge in [0.25, 0.3) is 0 Å². The third-order valence-electron chi connectivity index (χ3n) is 3.04. The van der Waals surface area contributed by atoms with Gasteiger partial charge in [0, 0.05) is 10.5 Å². The van der Waals surface area contributed by atoms with Crippen LogP contribution >= 0.6 is 15.9 Å². The van der Waals surface area contributed by atoms with Gasteiger partial charge in [-0.3, -0.25) is 0 Å². The molecule has 0 bridgehead atoms. The molecule has 1 atom stereocenters. The van der Waals surface area contributed by atoms with Crippen molar-refractivity contribution in [3.8, 4) is 12.1 Å². The Kier molecular flexibility index (Phi) is 4.40. The molecule has 0 spiro atoms. The van der Waals surface area contributed by atoms with Crippen LogP contribution in [0.15, 0.2) is 46.9 Å². The van der Waals surface area contributed by atoms with Gasteiger partial charge in [0.15, 0.2) is 0 Å². The fourth-order valence-electron chi connectivity index (χ4n) is 1.92. The molecule has 0 heterocycles. The van der Waals surface area contributed by atoms with E-state index in [1.165, 1.54) is 0 Å². The highest BCUT2D eigenvalue weighted by Gasteiger charge is 2.10. The molecule has 0 aliphatic heterocycles. The van der Waals surface area contributed by atoms with E-state index in [0.29, 0.717) is 11.1 Å². The summed E-state index contributed by atoms with van der Waals surface area (Å²) in [6, 6.07) is 17.4. The summed E-state index contributed by atoms with van der Waals surface area (Å²) in [4.78, 5) is 0. The van der Waals surface area contributed by atoms with Gasteiger partial charge in [0.2, 0.25) is 0 Å². The van der Waals surface area contributed by atoms with E-state index in [1.54, 1.807) is 12.1 Å². The Morgan fingerprint density at radius 1 is 1.05 bits per heavy atom. The lowest BCUT2D eigenvalue weighted by Gasteiger charge is -2.17. The van der Waals surface area contributed by atoms with Crippen LogP contribution in [0.4, 0.5) is 5.69 Å². The molecule has 0 aliphatic carbocycles. The smallest absolute Gasteiger partial charge is 0.103 e. The van der Waals surface area contributed by atoms with E-state index in [0.717, 1.165) is 15.7 Å². The lowest BCUT2D eigenvalue weighted by atomic mass is 10.1. The summed E-state index contributed by atoms with van der Waals surface area (Å²) in [5, 5.41) is 21.3. The minimum Gasteiger partial charge on any atom is -0.377 e. The second-order valence-corrected chi connectivity index (χ2v) is 5.23. The molecule has 0 fully saturated rings. The number of benzene rings is 2. The fraction of sp³-hybridized carbons (Fsp3) is 0.125. The lowest BCUT2D eigenvalue weighted by molar-refractivity contribution is 0.883. The highest BCUT2D eigenvalue weighted by Crippen LogP contribution is 2.27. The number of nitriles is 2. The molecule has 1 N–H and O–H groups in total. The van der Waals surface area contributed by atoms with Crippen LogP contribution in [0.1, 0.15) is 29.7 Å². The average Bonchev–Trinajstić information content (AvgIpc) is 2.47. The summed E-state index contributed by atoms with van der Waals surface area (Å²) in [5.74, 6) is 0. The summed E-state index contributed by atoms with van der Waals surface area (Å²) < 4.78 is 0.775. The summed E-state index contributed by atoms with van der Waals surface area (Å²) in [5.41, 5.74) is 3.08. The van der Waals surface area contributed by atoms with Crippen molar-refractivity contribution in [1.29, 1.82) is 10.5 Å². The Hall–Kier alpha value is -2.30. The van der Waals surface area contributed by atoms with Gasteiger partial charge in [-0.1, -0.05) is 18.2 Å². The zero-order valence-corrected chi connectivity index (χ0v) is 12.5. The zero-order chi connectivity index (χ0) is 14.5. The predicted molar refractivity (Wildman–Crippen MR) is 82.1 cm³/mol. The van der Waals surface area contributed by atoms with E-state index >= 15 is 0 Å². The van der Waals surface area contributed by atoms with Crippen molar-refractivity contribution in [1.82, 2.24) is 0 Å². The standard InChI is InChI=1S/C16H12BrN3/c1-11(13-7-5-12(9-18)6-8-13)20-16-4-2-3-15(17)14(16)10-19/h2-8,11,20H,1H3. The summed E-state index contributed by atoms with van der Waals surface area (Å²) in [7, 11) is 0. The van der Waals surface area contributed by atoms with Crippen LogP contribution in [0, 0.1) is 22.7 Å². The van der Waals surface area contributed by atoms with E-state index < -0.39 is 0 Å². The number of nitrogens with zero attached hydrogens (tertiary/aromatic N) is 2. The third kappa shape index (κ3) is 2.99. The van der Waals surface area contributed by atoms with Crippen molar-refractivity contribution >= 4 is 21.6 Å². The largest absolute Gasteiger partial charge is 0.377 e. The minimum atomic E-state index is 0.0455. The number of hydrogen-bond donors (Lipinski definition) is 1. The van der Waals surface area contributed by atoms with Gasteiger partial charge < -0.3 is 5.32 Å². The first kappa shape index (κ1) is 14.1. The van der Waals surface area contributed by atoms with Crippen LogP contribution in [0.3, 0.4) is 0 Å². The number of rotatable bonds is 3. The van der Waals surface area contributed by atoms with Crippen LogP contribution in [0.2, 0.25) is 0 Å². The van der Waals surface area contributed by atoms with Crippen LogP contribution in [-0.2, 0) is 0 Å². The van der Waals surface area contributed by atoms with E-state index in [-0.39, 0.29) is 6.04 Å². The molecular formula is C16H12BrN3. The molecule has 3 nitrogen and oxygen atoms in total. The Morgan fingerprint density at radius 3 is 2.35 bits per heavy atom. The van der Waals surface area contributed by atoms with E-state index in [9.17, 15) is 5.26 Å². The van der Waals surface area contributed by atoms with Crippen LogP contribution in [-0.4, -0.2) is 0 Å². The average molecular weight is 326 g/mol. The normalized spacial score (nSPS) is 11.2. The van der Waals surface area contributed by atoms with Gasteiger partial charge in [-0.2, -0.15) is 10.5 Å². The van der Waals surface area contributed by atoms with Crippen molar-refractivity contribution in [2.75, 3.05) is 5.32 Å². The van der Waals surface area contributed by atoms with Gasteiger partial charge in [-0.25, -0.2) is 0 Å². The van der Waals surface area contributed by atoms with E-state index in [4.69, 9.17) is 5.26 Å². The molecule has 0 aromatic heterocycles. The summed E-state index contributed by atoms with van der Waals surface area (Å²) in [6.07, 6.45) is 0. The first-order chi connectivity index (χ1) is 9.65. The quantitative estimate of drug-likeness (QED) is 0.911. The molecule has 1 unspecified atom stereocenters. The maximum absolute atomic E-state index is 9.19. The lowest BCUT2D eigenvalue weighted by Crippen LogP contribution is -2.08. The zero-order valence-electron chi connectivity index (χ0n) is 10.9. The molecule has 20 heavy (non-hydrogen) atoms. The molecular weight excluding hydrogens is 314 g/mol. The predicted octanol–water partition coefficient (Wildman–Crippen LogP) is 4.37. The van der Waals surface area contributed by atoms with Gasteiger partial charge in [0.05, 0.1) is 22.9 Å². The van der Waals surface area contributed by atoms with Gasteiger partial charge in [-0.15, -0.1) is 0 Å². The molecule has 0 radical (unpaired) electrons. The maximum atomic E-state index is 9.19. The van der Waals surface area contributed by atoms with Crippen LogP contribution in [0.5, 0.6) is 0 Å². The number of nitrogens with one attached hydrogen (secondary N) is 1. The monoisotopic (exact) mass is 325 g/mol. The van der Waals surface area contributed by atoms with Crippen molar-refractivity contribution in [2.24, 2.45) is 0 Å². The van der Waals surface area contributed by atoms with Crippen molar-refractivity contribution in [3.63, 3.8) is 0 Å². The highest BCUT2D eigenvalue weighted by atomic mass is 79.9. The minimum absolute atomic E-state index is 0.0455. The molecule has 4 heteroatoms. The van der Waals surface area contributed by atoms with Gasteiger partial charge in [0.1, 0.15) is 6.07 Å². The first-order valence-corrected chi connectivity index (χ1v) is 6.90. The van der Waals surface area contributed by atoms with Crippen molar-refractivity contribution in [2.45, 2.75) is 13.0 Å². The second-order valence-electron chi connectivity index (χ2n) is 4.37. The van der Waals surface area contributed by atoms with Crippen LogP contribution in [0.25, 0.3) is 0 Å². The number of hydrogen-bond acceptors (Lipinski definition) is 3. The number of anilines is 1. The third-order valence-corrected chi connectivity index (χ3v) is 3.70. The number of halogens is 1. The van der Waals surface area contributed by atoms with Gasteiger partial charge >= 0.3 is 0 Å². The van der Waals surface area contributed by atoms with E-state index in [1.807, 2.05) is 37.3 Å². The highest BCUT2D eigenvalue weighted by molar-refractivity contribution is 9.10. The fourth-order valence-corrected chi connectivity index (χ4v) is 2.38. The molecule has 0 saturated heterocycles. The molecule has 0 amide bonds. The molecule has 98 valence electrons. The maximum Gasteiger partial charge on any atom is 0.103 e. The molecule has 0 saturated carbocycles. The van der Waals surface area contributed by atoms with Crippen LogP contribution < -0.4 is 5.32 Å². The van der Waals surface area contributed by atoms with Crippen molar-refractivity contribution in [3.05, 3.63) is 63.6 Å². The topological polar surface area (TPSA) is 59.6 Å². The Labute approximate surface area is 126 Å². The van der Waals surface area contributed by atoms with Crippen molar-refractivity contribution < 1.29 is 0 Å². The molecule has 2 rings (SSSR count).